The number of para-hydroxylation sites is 1. The number of hydrogen-bond donors (Lipinski definition) is 1. The standard InChI is InChI=1S/C13H12F3N3O2S/c14-13(15,16)12-18-10-4-2-1-3-9(10)11(19-12)17-8-5-6-22(20,21)7-8/h1-4,8H,5-7H2,(H,17,18,19)/t8-/m1/s1. The molecule has 1 N–H and O–H groups in total. The normalized spacial score (nSPS) is 21.1. The van der Waals surface area contributed by atoms with E-state index >= 15 is 0 Å². The van der Waals surface area contributed by atoms with Crippen LogP contribution in [-0.4, -0.2) is 35.9 Å². The molecule has 1 aliphatic heterocycles. The second kappa shape index (κ2) is 5.08. The van der Waals surface area contributed by atoms with Gasteiger partial charge in [0.25, 0.3) is 0 Å². The predicted octanol–water partition coefficient (Wildman–Crippen LogP) is 2.25. The lowest BCUT2D eigenvalue weighted by Crippen LogP contribution is -2.23. The minimum atomic E-state index is -4.66. The van der Waals surface area contributed by atoms with E-state index in [0.717, 1.165) is 0 Å². The van der Waals surface area contributed by atoms with Crippen LogP contribution >= 0.6 is 0 Å². The molecule has 1 atom stereocenters. The lowest BCUT2D eigenvalue weighted by molar-refractivity contribution is -0.144. The maximum atomic E-state index is 12.9. The Morgan fingerprint density at radius 3 is 2.55 bits per heavy atom. The number of anilines is 1. The van der Waals surface area contributed by atoms with Crippen LogP contribution in [0.5, 0.6) is 0 Å². The number of nitrogens with one attached hydrogen (secondary N) is 1. The van der Waals surface area contributed by atoms with E-state index < -0.39 is 27.9 Å². The molecule has 118 valence electrons. The van der Waals surface area contributed by atoms with Gasteiger partial charge in [-0.3, -0.25) is 0 Å². The van der Waals surface area contributed by atoms with Gasteiger partial charge in [-0.2, -0.15) is 13.2 Å². The van der Waals surface area contributed by atoms with Crippen LogP contribution in [-0.2, 0) is 16.0 Å². The zero-order valence-electron chi connectivity index (χ0n) is 11.3. The number of rotatable bonds is 2. The fourth-order valence-corrected chi connectivity index (χ4v) is 4.09. The summed E-state index contributed by atoms with van der Waals surface area (Å²) in [6.07, 6.45) is -4.32. The molecule has 1 fully saturated rings. The minimum absolute atomic E-state index is 0.0139. The van der Waals surface area contributed by atoms with E-state index in [4.69, 9.17) is 0 Å². The highest BCUT2D eigenvalue weighted by atomic mass is 32.2. The van der Waals surface area contributed by atoms with Gasteiger partial charge in [0.05, 0.1) is 17.0 Å². The highest BCUT2D eigenvalue weighted by Gasteiger charge is 2.36. The van der Waals surface area contributed by atoms with Crippen molar-refractivity contribution in [1.82, 2.24) is 9.97 Å². The van der Waals surface area contributed by atoms with Crippen molar-refractivity contribution < 1.29 is 21.6 Å². The monoisotopic (exact) mass is 331 g/mol. The first kappa shape index (κ1) is 15.0. The number of benzene rings is 1. The lowest BCUT2D eigenvalue weighted by Gasteiger charge is -2.15. The summed E-state index contributed by atoms with van der Waals surface area (Å²) in [4.78, 5) is 7.06. The molecule has 0 radical (unpaired) electrons. The highest BCUT2D eigenvalue weighted by molar-refractivity contribution is 7.91. The highest BCUT2D eigenvalue weighted by Crippen LogP contribution is 2.31. The molecule has 0 spiro atoms. The molecule has 1 aliphatic rings. The number of sulfone groups is 1. The van der Waals surface area contributed by atoms with Gasteiger partial charge in [-0.05, 0) is 18.6 Å². The van der Waals surface area contributed by atoms with Crippen LogP contribution in [0.2, 0.25) is 0 Å². The molecule has 1 aromatic heterocycles. The summed E-state index contributed by atoms with van der Waals surface area (Å²) in [5, 5.41) is 3.25. The molecule has 1 aromatic carbocycles. The predicted molar refractivity (Wildman–Crippen MR) is 75.2 cm³/mol. The third kappa shape index (κ3) is 2.99. The molecule has 0 unspecified atom stereocenters. The number of halogens is 3. The fraction of sp³-hybridized carbons (Fsp3) is 0.385. The van der Waals surface area contributed by atoms with E-state index in [1.165, 1.54) is 6.07 Å². The summed E-state index contributed by atoms with van der Waals surface area (Å²) in [6, 6.07) is 5.86. The number of nitrogens with zero attached hydrogens (tertiary/aromatic N) is 2. The minimum Gasteiger partial charge on any atom is -0.366 e. The van der Waals surface area contributed by atoms with E-state index in [1.54, 1.807) is 18.2 Å². The smallest absolute Gasteiger partial charge is 0.366 e. The Bertz CT molecular complexity index is 821. The number of fused-ring (bicyclic) bond motifs is 1. The van der Waals surface area contributed by atoms with Gasteiger partial charge in [-0.25, -0.2) is 18.4 Å². The fourth-order valence-electron chi connectivity index (χ4n) is 2.42. The maximum absolute atomic E-state index is 12.9. The summed E-state index contributed by atoms with van der Waals surface area (Å²) in [7, 11) is -3.14. The van der Waals surface area contributed by atoms with Crippen molar-refractivity contribution in [3.8, 4) is 0 Å². The Hall–Kier alpha value is -1.90. The quantitative estimate of drug-likeness (QED) is 0.914. The molecular formula is C13H12F3N3O2S. The summed E-state index contributed by atoms with van der Waals surface area (Å²) >= 11 is 0. The summed E-state index contributed by atoms with van der Waals surface area (Å²) in [5.74, 6) is -1.30. The lowest BCUT2D eigenvalue weighted by atomic mass is 10.2. The Morgan fingerprint density at radius 2 is 1.91 bits per heavy atom. The van der Waals surface area contributed by atoms with E-state index in [2.05, 4.69) is 15.3 Å². The number of aromatic nitrogens is 2. The van der Waals surface area contributed by atoms with Crippen LogP contribution in [0, 0.1) is 0 Å². The van der Waals surface area contributed by atoms with Gasteiger partial charge in [-0.1, -0.05) is 12.1 Å². The van der Waals surface area contributed by atoms with Crippen molar-refractivity contribution in [1.29, 1.82) is 0 Å². The number of hydrogen-bond acceptors (Lipinski definition) is 5. The average molecular weight is 331 g/mol. The molecule has 22 heavy (non-hydrogen) atoms. The zero-order chi connectivity index (χ0) is 16.0. The van der Waals surface area contributed by atoms with Gasteiger partial charge in [-0.15, -0.1) is 0 Å². The first-order valence-electron chi connectivity index (χ1n) is 6.55. The second-order valence-corrected chi connectivity index (χ2v) is 7.38. The Balaban J connectivity index is 2.04. The number of alkyl halides is 3. The van der Waals surface area contributed by atoms with E-state index in [0.29, 0.717) is 11.8 Å². The van der Waals surface area contributed by atoms with E-state index in [1.807, 2.05) is 0 Å². The molecular weight excluding hydrogens is 319 g/mol. The van der Waals surface area contributed by atoms with Gasteiger partial charge in [0.1, 0.15) is 5.82 Å². The first-order chi connectivity index (χ1) is 10.2. The van der Waals surface area contributed by atoms with Crippen molar-refractivity contribution in [2.24, 2.45) is 0 Å². The van der Waals surface area contributed by atoms with Crippen LogP contribution in [0.15, 0.2) is 24.3 Å². The van der Waals surface area contributed by atoms with Crippen LogP contribution in [0.3, 0.4) is 0 Å². The molecule has 2 heterocycles. The Morgan fingerprint density at radius 1 is 1.18 bits per heavy atom. The van der Waals surface area contributed by atoms with Gasteiger partial charge in [0, 0.05) is 11.4 Å². The topological polar surface area (TPSA) is 72.0 Å². The van der Waals surface area contributed by atoms with Crippen molar-refractivity contribution >= 4 is 26.6 Å². The molecule has 0 saturated carbocycles. The maximum Gasteiger partial charge on any atom is 0.451 e. The third-order valence-electron chi connectivity index (χ3n) is 3.43. The largest absolute Gasteiger partial charge is 0.451 e. The average Bonchev–Trinajstić information content (AvgIpc) is 2.77. The van der Waals surface area contributed by atoms with Crippen molar-refractivity contribution in [2.75, 3.05) is 16.8 Å². The Labute approximate surface area is 124 Å². The Kier molecular flexibility index (Phi) is 3.47. The van der Waals surface area contributed by atoms with Gasteiger partial charge >= 0.3 is 6.18 Å². The van der Waals surface area contributed by atoms with Gasteiger partial charge in [0.2, 0.25) is 5.82 Å². The van der Waals surface area contributed by atoms with Crippen molar-refractivity contribution in [3.05, 3.63) is 30.1 Å². The van der Waals surface area contributed by atoms with E-state index in [9.17, 15) is 21.6 Å². The van der Waals surface area contributed by atoms with Crippen molar-refractivity contribution in [2.45, 2.75) is 18.6 Å². The second-order valence-electron chi connectivity index (χ2n) is 5.16. The van der Waals surface area contributed by atoms with Crippen LogP contribution in [0.25, 0.3) is 10.9 Å². The van der Waals surface area contributed by atoms with Crippen LogP contribution in [0.4, 0.5) is 19.0 Å². The summed E-state index contributed by atoms with van der Waals surface area (Å²) in [6.45, 7) is 0. The van der Waals surface area contributed by atoms with Gasteiger partial charge < -0.3 is 5.32 Å². The van der Waals surface area contributed by atoms with Crippen LogP contribution in [0.1, 0.15) is 12.2 Å². The SMILES string of the molecule is O=S1(=O)CC[C@@H](Nc2nc(C(F)(F)F)nc3ccccc23)C1. The molecule has 1 saturated heterocycles. The third-order valence-corrected chi connectivity index (χ3v) is 5.20. The van der Waals surface area contributed by atoms with E-state index in [-0.39, 0.29) is 22.8 Å². The molecule has 2 aromatic rings. The van der Waals surface area contributed by atoms with Crippen molar-refractivity contribution in [3.63, 3.8) is 0 Å². The molecule has 9 heteroatoms. The molecule has 5 nitrogen and oxygen atoms in total. The summed E-state index contributed by atoms with van der Waals surface area (Å²) in [5.41, 5.74) is 0.160. The van der Waals surface area contributed by atoms with Crippen LogP contribution < -0.4 is 5.32 Å². The molecule has 0 amide bonds. The molecule has 0 aliphatic carbocycles. The zero-order valence-corrected chi connectivity index (χ0v) is 12.1. The molecule has 3 rings (SSSR count). The molecule has 0 bridgehead atoms. The summed E-state index contributed by atoms with van der Waals surface area (Å²) < 4.78 is 61.6. The first-order valence-corrected chi connectivity index (χ1v) is 8.38. The van der Waals surface area contributed by atoms with Gasteiger partial charge in [0.15, 0.2) is 9.84 Å².